The van der Waals surface area contributed by atoms with E-state index >= 15 is 4.79 Å². The summed E-state index contributed by atoms with van der Waals surface area (Å²) in [6.45, 7) is 26.6. The predicted octanol–water partition coefficient (Wildman–Crippen LogP) is 9.62. The molecule has 5 aliphatic rings. The van der Waals surface area contributed by atoms with Crippen LogP contribution in [0.4, 0.5) is 0 Å². The van der Waals surface area contributed by atoms with Gasteiger partial charge in [-0.3, -0.25) is 9.59 Å². The van der Waals surface area contributed by atoms with Crippen molar-refractivity contribution in [2.75, 3.05) is 0 Å². The molecule has 1 N–H and O–H groups in total. The van der Waals surface area contributed by atoms with Gasteiger partial charge in [-0.1, -0.05) is 53.5 Å². The van der Waals surface area contributed by atoms with Crippen LogP contribution in [0.15, 0.2) is 11.1 Å². The lowest BCUT2D eigenvalue weighted by Crippen LogP contribution is -2.63. The maximum atomic E-state index is 15.1. The number of carbonyl (C=O) groups excluding carboxylic acids is 2. The van der Waals surface area contributed by atoms with Gasteiger partial charge in [-0.15, -0.1) is 0 Å². The first-order valence-corrected chi connectivity index (χ1v) is 18.9. The Hall–Kier alpha value is -1.00. The first-order chi connectivity index (χ1) is 20.7. The van der Waals surface area contributed by atoms with Gasteiger partial charge >= 0.3 is 0 Å². The Balaban J connectivity index is 1.41. The van der Waals surface area contributed by atoms with Gasteiger partial charge < -0.3 is 9.84 Å². The average Bonchev–Trinajstić information content (AvgIpc) is 2.89. The van der Waals surface area contributed by atoms with E-state index in [4.69, 9.17) is 4.74 Å². The summed E-state index contributed by atoms with van der Waals surface area (Å²) in [6, 6.07) is 0. The van der Waals surface area contributed by atoms with Crippen molar-refractivity contribution in [3.8, 4) is 0 Å². The van der Waals surface area contributed by atoms with Gasteiger partial charge in [0, 0.05) is 17.4 Å². The Morgan fingerprint density at radius 3 is 2.13 bits per heavy atom. The SMILES string of the molecule is CC1=C2C(=O)C3C(C)C(CCC4CCC(OC(C)(C)C)CC4)CC(C(C)C)C3CC2(C)CC2(C)CC(C)C(C(C)O)C(=O)C12C. The van der Waals surface area contributed by atoms with Gasteiger partial charge in [0.05, 0.1) is 23.2 Å². The van der Waals surface area contributed by atoms with E-state index in [0.29, 0.717) is 41.5 Å². The lowest BCUT2D eigenvalue weighted by Gasteiger charge is -2.64. The molecule has 11 atom stereocenters. The number of ether oxygens (including phenoxy) is 1. The molecule has 256 valence electrons. The summed E-state index contributed by atoms with van der Waals surface area (Å²) in [4.78, 5) is 29.5. The van der Waals surface area contributed by atoms with Crippen molar-refractivity contribution in [1.29, 1.82) is 0 Å². The van der Waals surface area contributed by atoms with Crippen LogP contribution >= 0.6 is 0 Å². The van der Waals surface area contributed by atoms with Gasteiger partial charge in [-0.25, -0.2) is 0 Å². The lowest BCUT2D eigenvalue weighted by molar-refractivity contribution is -0.159. The first kappa shape index (κ1) is 35.3. The first-order valence-electron chi connectivity index (χ1n) is 18.9. The molecule has 5 aliphatic carbocycles. The summed E-state index contributed by atoms with van der Waals surface area (Å²) >= 11 is 0. The smallest absolute Gasteiger partial charge is 0.163 e. The number of hydrogen-bond donors (Lipinski definition) is 1. The van der Waals surface area contributed by atoms with Crippen molar-refractivity contribution in [3.05, 3.63) is 11.1 Å². The summed E-state index contributed by atoms with van der Waals surface area (Å²) in [6.07, 6.45) is 11.3. The fraction of sp³-hybridized carbons (Fsp3) is 0.902. The van der Waals surface area contributed by atoms with Crippen LogP contribution in [0.25, 0.3) is 0 Å². The Kier molecular flexibility index (Phi) is 9.54. The van der Waals surface area contributed by atoms with Crippen molar-refractivity contribution >= 4 is 11.6 Å². The van der Waals surface area contributed by atoms with Gasteiger partial charge in [0.15, 0.2) is 5.78 Å². The average molecular weight is 625 g/mol. The van der Waals surface area contributed by atoms with Crippen molar-refractivity contribution in [1.82, 2.24) is 0 Å². The van der Waals surface area contributed by atoms with Crippen LogP contribution in [0, 0.1) is 69.5 Å². The van der Waals surface area contributed by atoms with E-state index < -0.39 is 11.5 Å². The van der Waals surface area contributed by atoms with Crippen LogP contribution in [0.3, 0.4) is 0 Å². The maximum absolute atomic E-state index is 15.1. The third-order valence-electron chi connectivity index (χ3n) is 14.7. The van der Waals surface area contributed by atoms with Crippen molar-refractivity contribution < 1.29 is 19.4 Å². The molecule has 4 fully saturated rings. The highest BCUT2D eigenvalue weighted by atomic mass is 16.5. The minimum Gasteiger partial charge on any atom is -0.393 e. The van der Waals surface area contributed by atoms with E-state index in [1.807, 2.05) is 0 Å². The molecule has 0 spiro atoms. The minimum absolute atomic E-state index is 0.0585. The number of rotatable bonds is 6. The third kappa shape index (κ3) is 5.97. The number of aliphatic hydroxyl groups excluding tert-OH is 1. The molecule has 0 radical (unpaired) electrons. The quantitative estimate of drug-likeness (QED) is 0.320. The van der Waals surface area contributed by atoms with Crippen LogP contribution in [0.2, 0.25) is 0 Å². The maximum Gasteiger partial charge on any atom is 0.163 e. The molecule has 4 heteroatoms. The fourth-order valence-corrected chi connectivity index (χ4v) is 12.5. The number of hydrogen-bond acceptors (Lipinski definition) is 4. The van der Waals surface area contributed by atoms with Crippen LogP contribution in [0.1, 0.15) is 147 Å². The molecule has 5 rings (SSSR count). The highest BCUT2D eigenvalue weighted by molar-refractivity contribution is 6.03. The molecule has 0 aromatic carbocycles. The van der Waals surface area contributed by atoms with Crippen LogP contribution < -0.4 is 0 Å². The van der Waals surface area contributed by atoms with Gasteiger partial charge in [0.1, 0.15) is 5.78 Å². The van der Waals surface area contributed by atoms with Crippen LogP contribution in [-0.2, 0) is 14.3 Å². The molecule has 4 saturated carbocycles. The lowest BCUT2D eigenvalue weighted by atomic mass is 9.38. The second-order valence-corrected chi connectivity index (χ2v) is 19.2. The Labute approximate surface area is 276 Å². The number of fused-ring (bicyclic) bond motifs is 3. The molecule has 45 heavy (non-hydrogen) atoms. The molecule has 11 unspecified atom stereocenters. The van der Waals surface area contributed by atoms with Crippen LogP contribution in [-0.4, -0.2) is 34.5 Å². The van der Waals surface area contributed by atoms with Gasteiger partial charge in [0.25, 0.3) is 0 Å². The largest absolute Gasteiger partial charge is 0.393 e. The van der Waals surface area contributed by atoms with Gasteiger partial charge in [-0.05, 0) is 152 Å². The van der Waals surface area contributed by atoms with E-state index in [1.54, 1.807) is 6.92 Å². The Bertz CT molecular complexity index is 1170. The topological polar surface area (TPSA) is 63.6 Å². The molecular formula is C41H68O4. The molecule has 0 aromatic rings. The molecule has 0 heterocycles. The fourth-order valence-electron chi connectivity index (χ4n) is 12.5. The molecule has 0 amide bonds. The second-order valence-electron chi connectivity index (χ2n) is 19.2. The number of aliphatic hydroxyl groups is 1. The summed E-state index contributed by atoms with van der Waals surface area (Å²) in [5, 5.41) is 10.7. The zero-order valence-corrected chi connectivity index (χ0v) is 31.1. The van der Waals surface area contributed by atoms with E-state index in [0.717, 1.165) is 36.3 Å². The second kappa shape index (κ2) is 12.2. The normalized spacial score (nSPS) is 46.5. The van der Waals surface area contributed by atoms with Crippen molar-refractivity contribution in [2.24, 2.45) is 69.5 Å². The summed E-state index contributed by atoms with van der Waals surface area (Å²) < 4.78 is 6.31. The summed E-state index contributed by atoms with van der Waals surface area (Å²) in [7, 11) is 0. The van der Waals surface area contributed by atoms with E-state index in [1.165, 1.54) is 44.9 Å². The standard InChI is InChI=1S/C41H68O4/c1-23(2)31-19-29(16-13-28-14-17-30(18-15-28)45-38(7,8)9)25(4)34-32(31)21-39(10)22-40(11)20-24(3)33(27(6)42)37(44)41(40,12)26(5)35(39)36(34)43/h23-25,27-34,42H,13-22H2,1-12H3. The van der Waals surface area contributed by atoms with E-state index in [9.17, 15) is 9.90 Å². The molecule has 4 nitrogen and oxygen atoms in total. The zero-order chi connectivity index (χ0) is 33.4. The Morgan fingerprint density at radius 1 is 0.956 bits per heavy atom. The molecule has 0 saturated heterocycles. The predicted molar refractivity (Wildman–Crippen MR) is 184 cm³/mol. The summed E-state index contributed by atoms with van der Waals surface area (Å²) in [5.41, 5.74) is 0.865. The summed E-state index contributed by atoms with van der Waals surface area (Å²) in [5.74, 6) is 3.65. The monoisotopic (exact) mass is 625 g/mol. The highest BCUT2D eigenvalue weighted by Gasteiger charge is 2.67. The molecule has 0 bridgehead atoms. The van der Waals surface area contributed by atoms with Gasteiger partial charge in [0.2, 0.25) is 0 Å². The number of carbonyl (C=O) groups is 2. The minimum atomic E-state index is -0.706. The van der Waals surface area contributed by atoms with Gasteiger partial charge in [-0.2, -0.15) is 0 Å². The number of ketones is 2. The zero-order valence-electron chi connectivity index (χ0n) is 31.1. The highest BCUT2D eigenvalue weighted by Crippen LogP contribution is 2.69. The van der Waals surface area contributed by atoms with Crippen molar-refractivity contribution in [2.45, 2.75) is 165 Å². The van der Waals surface area contributed by atoms with E-state index in [-0.39, 0.29) is 40.0 Å². The molecular weight excluding hydrogens is 556 g/mol. The van der Waals surface area contributed by atoms with Crippen LogP contribution in [0.5, 0.6) is 0 Å². The molecule has 0 aliphatic heterocycles. The van der Waals surface area contributed by atoms with E-state index in [2.05, 4.69) is 76.2 Å². The van der Waals surface area contributed by atoms with Crippen molar-refractivity contribution in [3.63, 3.8) is 0 Å². The molecule has 0 aromatic heterocycles. The Morgan fingerprint density at radius 2 is 1.58 bits per heavy atom. The number of allylic oxidation sites excluding steroid dienone is 2. The third-order valence-corrected chi connectivity index (χ3v) is 14.7. The number of Topliss-reactive ketones (excluding diaryl/α,β-unsaturated/α-hetero) is 2.